The Balaban J connectivity index is 3.09. The van der Waals surface area contributed by atoms with Crippen LogP contribution in [0, 0.1) is 0 Å². The van der Waals surface area contributed by atoms with Crippen LogP contribution in [0.1, 0.15) is 111 Å². The van der Waals surface area contributed by atoms with Gasteiger partial charge in [-0.05, 0) is 27.2 Å². The summed E-state index contributed by atoms with van der Waals surface area (Å²) in [6, 6.07) is 0. The van der Waals surface area contributed by atoms with Crippen LogP contribution in [-0.4, -0.2) is 90.9 Å². The smallest absolute Gasteiger partial charge is 0.332 e. The molecule has 0 aromatic carbocycles. The van der Waals surface area contributed by atoms with Crippen LogP contribution in [0.5, 0.6) is 0 Å². The molecule has 8 nitrogen and oxygen atoms in total. The van der Waals surface area contributed by atoms with Crippen LogP contribution >= 0.6 is 0 Å². The minimum absolute atomic E-state index is 0.0648. The van der Waals surface area contributed by atoms with Gasteiger partial charge in [0.2, 0.25) is 0 Å². The number of carbonyl (C=O) groups excluding carboxylic acids is 1. The van der Waals surface area contributed by atoms with E-state index in [9.17, 15) is 4.79 Å². The van der Waals surface area contributed by atoms with E-state index >= 15 is 0 Å². The van der Waals surface area contributed by atoms with E-state index in [0.717, 1.165) is 13.0 Å². The number of hydrogen-bond donors (Lipinski definition) is 0. The first kappa shape index (κ1) is 38.2. The summed E-state index contributed by atoms with van der Waals surface area (Å²) in [4.78, 5) is 11.5. The molecule has 234 valence electrons. The SMILES string of the molecule is CCCCCCCCCCCCCCCOCCOCCOCCOCCOCCOCC(=O)OC(C)(C)C. The molecule has 0 bridgehead atoms. The van der Waals surface area contributed by atoms with Crippen molar-refractivity contribution in [2.24, 2.45) is 0 Å². The normalized spacial score (nSPS) is 11.8. The Hall–Kier alpha value is -0.770. The average Bonchev–Trinajstić information content (AvgIpc) is 2.88. The zero-order valence-electron chi connectivity index (χ0n) is 25.9. The monoisotopic (exact) mass is 562 g/mol. The van der Waals surface area contributed by atoms with E-state index in [4.69, 9.17) is 33.2 Å². The summed E-state index contributed by atoms with van der Waals surface area (Å²) < 4.78 is 37.9. The Morgan fingerprint density at radius 3 is 1.10 bits per heavy atom. The van der Waals surface area contributed by atoms with Gasteiger partial charge in [0.05, 0.1) is 66.1 Å². The van der Waals surface area contributed by atoms with E-state index in [0.29, 0.717) is 66.1 Å². The highest BCUT2D eigenvalue weighted by molar-refractivity contribution is 5.71. The van der Waals surface area contributed by atoms with Crippen LogP contribution in [-0.2, 0) is 38.0 Å². The Morgan fingerprint density at radius 2 is 0.744 bits per heavy atom. The van der Waals surface area contributed by atoms with Crippen molar-refractivity contribution >= 4 is 5.97 Å². The molecule has 0 atom stereocenters. The summed E-state index contributed by atoms with van der Waals surface area (Å²) in [6.07, 6.45) is 17.8. The number of rotatable bonds is 31. The molecule has 0 spiro atoms. The van der Waals surface area contributed by atoms with Crippen LogP contribution in [0.2, 0.25) is 0 Å². The van der Waals surface area contributed by atoms with Crippen molar-refractivity contribution < 1.29 is 38.0 Å². The summed E-state index contributed by atoms with van der Waals surface area (Å²) in [5.74, 6) is -0.371. The molecular formula is C31H62O8. The fraction of sp³-hybridized carbons (Fsp3) is 0.968. The molecule has 0 amide bonds. The first-order valence-electron chi connectivity index (χ1n) is 15.6. The van der Waals surface area contributed by atoms with Crippen molar-refractivity contribution in [1.82, 2.24) is 0 Å². The van der Waals surface area contributed by atoms with Gasteiger partial charge in [0.25, 0.3) is 0 Å². The number of esters is 1. The fourth-order valence-electron chi connectivity index (χ4n) is 3.85. The van der Waals surface area contributed by atoms with Crippen LogP contribution in [0.3, 0.4) is 0 Å². The quantitative estimate of drug-likeness (QED) is 0.0698. The number of ether oxygens (including phenoxy) is 7. The molecule has 0 saturated heterocycles. The molecule has 0 fully saturated rings. The maximum Gasteiger partial charge on any atom is 0.332 e. The van der Waals surface area contributed by atoms with Gasteiger partial charge < -0.3 is 33.2 Å². The van der Waals surface area contributed by atoms with Crippen molar-refractivity contribution in [2.45, 2.75) is 117 Å². The van der Waals surface area contributed by atoms with E-state index in [1.165, 1.54) is 77.0 Å². The van der Waals surface area contributed by atoms with Gasteiger partial charge in [0, 0.05) is 6.61 Å². The highest BCUT2D eigenvalue weighted by Gasteiger charge is 2.15. The van der Waals surface area contributed by atoms with Crippen molar-refractivity contribution in [3.05, 3.63) is 0 Å². The average molecular weight is 563 g/mol. The molecule has 0 saturated carbocycles. The van der Waals surface area contributed by atoms with Gasteiger partial charge in [0.15, 0.2) is 0 Å². The summed E-state index contributed by atoms with van der Waals surface area (Å²) in [5.41, 5.74) is -0.495. The lowest BCUT2D eigenvalue weighted by Crippen LogP contribution is -2.27. The molecule has 0 aliphatic rings. The lowest BCUT2D eigenvalue weighted by atomic mass is 10.0. The Morgan fingerprint density at radius 1 is 0.436 bits per heavy atom. The van der Waals surface area contributed by atoms with E-state index in [1.807, 2.05) is 20.8 Å². The van der Waals surface area contributed by atoms with Crippen LogP contribution < -0.4 is 0 Å². The van der Waals surface area contributed by atoms with Crippen molar-refractivity contribution in [3.8, 4) is 0 Å². The van der Waals surface area contributed by atoms with Gasteiger partial charge in [-0.25, -0.2) is 4.79 Å². The van der Waals surface area contributed by atoms with Crippen molar-refractivity contribution in [3.63, 3.8) is 0 Å². The lowest BCUT2D eigenvalue weighted by molar-refractivity contribution is -0.160. The number of unbranched alkanes of at least 4 members (excludes halogenated alkanes) is 12. The van der Waals surface area contributed by atoms with E-state index in [2.05, 4.69) is 6.92 Å². The molecular weight excluding hydrogens is 500 g/mol. The highest BCUT2D eigenvalue weighted by Crippen LogP contribution is 2.12. The second-order valence-electron chi connectivity index (χ2n) is 10.9. The van der Waals surface area contributed by atoms with Gasteiger partial charge in [-0.1, -0.05) is 84.0 Å². The maximum absolute atomic E-state index is 11.5. The van der Waals surface area contributed by atoms with Gasteiger partial charge in [-0.3, -0.25) is 0 Å². The predicted molar refractivity (Wildman–Crippen MR) is 156 cm³/mol. The largest absolute Gasteiger partial charge is 0.458 e. The van der Waals surface area contributed by atoms with Gasteiger partial charge >= 0.3 is 5.97 Å². The molecule has 0 N–H and O–H groups in total. The third-order valence-electron chi connectivity index (χ3n) is 5.89. The molecule has 0 radical (unpaired) electrons. The minimum Gasteiger partial charge on any atom is -0.458 e. The summed E-state index contributed by atoms with van der Waals surface area (Å²) in [5, 5.41) is 0. The van der Waals surface area contributed by atoms with Crippen molar-refractivity contribution in [2.75, 3.05) is 79.3 Å². The Bertz CT molecular complexity index is 495. The van der Waals surface area contributed by atoms with Crippen LogP contribution in [0.15, 0.2) is 0 Å². The Labute approximate surface area is 240 Å². The predicted octanol–water partition coefficient (Wildman–Crippen LogP) is 6.52. The lowest BCUT2D eigenvalue weighted by Gasteiger charge is -2.19. The first-order chi connectivity index (χ1) is 19.0. The molecule has 0 aliphatic heterocycles. The molecule has 0 aliphatic carbocycles. The second-order valence-corrected chi connectivity index (χ2v) is 10.9. The second kappa shape index (κ2) is 30.2. The first-order valence-corrected chi connectivity index (χ1v) is 15.6. The molecule has 39 heavy (non-hydrogen) atoms. The molecule has 0 rings (SSSR count). The summed E-state index contributed by atoms with van der Waals surface area (Å²) >= 11 is 0. The molecule has 0 heterocycles. The molecule has 8 heteroatoms. The third-order valence-corrected chi connectivity index (χ3v) is 5.89. The minimum atomic E-state index is -0.495. The summed E-state index contributed by atoms with van der Waals surface area (Å²) in [7, 11) is 0. The Kier molecular flexibility index (Phi) is 29.6. The van der Waals surface area contributed by atoms with Crippen molar-refractivity contribution in [1.29, 1.82) is 0 Å². The fourth-order valence-corrected chi connectivity index (χ4v) is 3.85. The van der Waals surface area contributed by atoms with Gasteiger partial charge in [-0.15, -0.1) is 0 Å². The van der Waals surface area contributed by atoms with Gasteiger partial charge in [-0.2, -0.15) is 0 Å². The van der Waals surface area contributed by atoms with Crippen LogP contribution in [0.25, 0.3) is 0 Å². The standard InChI is InChI=1S/C31H62O8/c1-5-6-7-8-9-10-11-12-13-14-15-16-17-18-33-19-20-34-21-22-35-23-24-36-25-26-37-27-28-38-29-30(32)39-31(2,3)4/h5-29H2,1-4H3. The topological polar surface area (TPSA) is 81.7 Å². The zero-order chi connectivity index (χ0) is 28.7. The molecule has 0 aromatic heterocycles. The number of hydrogen-bond acceptors (Lipinski definition) is 8. The number of carbonyl (C=O) groups is 1. The van der Waals surface area contributed by atoms with E-state index in [-0.39, 0.29) is 12.6 Å². The van der Waals surface area contributed by atoms with Gasteiger partial charge in [0.1, 0.15) is 12.2 Å². The molecule has 0 aromatic rings. The van der Waals surface area contributed by atoms with E-state index in [1.54, 1.807) is 0 Å². The zero-order valence-corrected chi connectivity index (χ0v) is 25.9. The summed E-state index contributed by atoms with van der Waals surface area (Å²) in [6.45, 7) is 13.6. The van der Waals surface area contributed by atoms with E-state index < -0.39 is 5.60 Å². The van der Waals surface area contributed by atoms with Crippen LogP contribution in [0.4, 0.5) is 0 Å². The third kappa shape index (κ3) is 35.2. The highest BCUT2D eigenvalue weighted by atomic mass is 16.6. The molecule has 0 unspecified atom stereocenters. The maximum atomic E-state index is 11.5.